The molecule has 2 N–H and O–H groups in total. The van der Waals surface area contributed by atoms with E-state index in [1.165, 1.54) is 0 Å². The molecule has 1 aliphatic heterocycles. The number of ether oxygens (including phenoxy) is 2. The van der Waals surface area contributed by atoms with Crippen molar-refractivity contribution in [1.29, 1.82) is 0 Å². The molecule has 0 aliphatic carbocycles. The summed E-state index contributed by atoms with van der Waals surface area (Å²) in [7, 11) is 5.61. The average Bonchev–Trinajstić information content (AvgIpc) is 2.81. The van der Waals surface area contributed by atoms with Crippen LogP contribution in [-0.2, 0) is 11.3 Å². The first-order chi connectivity index (χ1) is 15.2. The van der Waals surface area contributed by atoms with Crippen LogP contribution in [0.4, 0.5) is 11.5 Å². The van der Waals surface area contributed by atoms with Gasteiger partial charge in [-0.05, 0) is 30.8 Å². The molecule has 1 saturated heterocycles. The van der Waals surface area contributed by atoms with Gasteiger partial charge in [-0.15, -0.1) is 24.0 Å². The molecule has 8 nitrogen and oxygen atoms in total. The minimum atomic E-state index is 0. The lowest BCUT2D eigenvalue weighted by atomic mass is 10.2. The number of halogens is 1. The molecule has 0 spiro atoms. The number of nitrogens with zero attached hydrogens (tertiary/aromatic N) is 4. The number of rotatable bonds is 9. The molecule has 9 heteroatoms. The fraction of sp³-hybridized carbons (Fsp3) is 0.478. The Morgan fingerprint density at radius 1 is 1.12 bits per heavy atom. The second-order valence-corrected chi connectivity index (χ2v) is 7.59. The Bertz CT molecular complexity index is 825. The maximum absolute atomic E-state index is 5.77. The third-order valence-electron chi connectivity index (χ3n) is 5.18. The van der Waals surface area contributed by atoms with Crippen molar-refractivity contribution in [2.45, 2.75) is 13.0 Å². The first-order valence-corrected chi connectivity index (χ1v) is 10.8. The number of aliphatic imine (C=N–C) groups is 1. The largest absolute Gasteiger partial charge is 0.493 e. The van der Waals surface area contributed by atoms with E-state index in [0.717, 1.165) is 55.4 Å². The highest BCUT2D eigenvalue weighted by molar-refractivity contribution is 14.0. The first kappa shape index (κ1) is 26.1. The molecule has 176 valence electrons. The summed E-state index contributed by atoms with van der Waals surface area (Å²) in [5.41, 5.74) is 2.02. The highest BCUT2D eigenvalue weighted by atomic mass is 127. The van der Waals surface area contributed by atoms with Crippen molar-refractivity contribution in [2.24, 2.45) is 4.99 Å². The van der Waals surface area contributed by atoms with Crippen LogP contribution in [-0.4, -0.2) is 76.4 Å². The van der Waals surface area contributed by atoms with E-state index in [1.807, 2.05) is 30.5 Å². The molecule has 1 fully saturated rings. The number of guanidine groups is 1. The minimum absolute atomic E-state index is 0. The fourth-order valence-corrected chi connectivity index (χ4v) is 3.30. The van der Waals surface area contributed by atoms with Crippen LogP contribution < -0.4 is 20.3 Å². The number of benzene rings is 1. The molecule has 1 aromatic carbocycles. The number of anilines is 2. The van der Waals surface area contributed by atoms with Gasteiger partial charge in [-0.25, -0.2) is 4.98 Å². The second kappa shape index (κ2) is 14.1. The van der Waals surface area contributed by atoms with Gasteiger partial charge in [-0.3, -0.25) is 4.99 Å². The van der Waals surface area contributed by atoms with Crippen LogP contribution in [0.5, 0.6) is 5.75 Å². The third-order valence-corrected chi connectivity index (χ3v) is 5.18. The lowest BCUT2D eigenvalue weighted by molar-refractivity contribution is 0.172. The zero-order valence-electron chi connectivity index (χ0n) is 19.2. The van der Waals surface area contributed by atoms with Crippen LogP contribution in [0.25, 0.3) is 0 Å². The van der Waals surface area contributed by atoms with Crippen LogP contribution in [0.15, 0.2) is 47.6 Å². The van der Waals surface area contributed by atoms with E-state index in [4.69, 9.17) is 9.47 Å². The molecule has 1 aromatic heterocycles. The highest BCUT2D eigenvalue weighted by Crippen LogP contribution is 2.18. The summed E-state index contributed by atoms with van der Waals surface area (Å²) in [6.07, 6.45) is 2.79. The van der Waals surface area contributed by atoms with Gasteiger partial charge in [0.15, 0.2) is 5.96 Å². The molecule has 32 heavy (non-hydrogen) atoms. The number of methoxy groups -OCH3 is 1. The van der Waals surface area contributed by atoms with Gasteiger partial charge in [0.2, 0.25) is 0 Å². The number of aromatic nitrogens is 1. The van der Waals surface area contributed by atoms with Crippen LogP contribution >= 0.6 is 24.0 Å². The zero-order valence-corrected chi connectivity index (χ0v) is 21.5. The van der Waals surface area contributed by atoms with E-state index in [-0.39, 0.29) is 24.0 Å². The summed E-state index contributed by atoms with van der Waals surface area (Å²) in [4.78, 5) is 13.6. The maximum Gasteiger partial charge on any atom is 0.195 e. The zero-order chi connectivity index (χ0) is 21.9. The number of nitrogens with one attached hydrogen (secondary N) is 2. The quantitative estimate of drug-likeness (QED) is 0.214. The molecular formula is C23H35IN6O2. The number of piperazine rings is 1. The van der Waals surface area contributed by atoms with Crippen LogP contribution in [0.2, 0.25) is 0 Å². The Hall–Kier alpha value is -2.11. The monoisotopic (exact) mass is 554 g/mol. The van der Waals surface area contributed by atoms with Crippen molar-refractivity contribution in [1.82, 2.24) is 15.2 Å². The maximum atomic E-state index is 5.77. The second-order valence-electron chi connectivity index (χ2n) is 7.59. The van der Waals surface area contributed by atoms with Gasteiger partial charge in [0, 0.05) is 77.9 Å². The van der Waals surface area contributed by atoms with Crippen molar-refractivity contribution in [3.63, 3.8) is 0 Å². The van der Waals surface area contributed by atoms with Crippen molar-refractivity contribution < 1.29 is 9.47 Å². The fourth-order valence-electron chi connectivity index (χ4n) is 3.30. The number of hydrogen-bond donors (Lipinski definition) is 2. The Morgan fingerprint density at radius 2 is 1.94 bits per heavy atom. The van der Waals surface area contributed by atoms with Gasteiger partial charge in [-0.2, -0.15) is 0 Å². The SMILES string of the molecule is CN=C(NCc1ccc(N2CCN(C)CC2)nc1)Nc1cccc(OCCCOC)c1.I. The summed E-state index contributed by atoms with van der Waals surface area (Å²) in [5.74, 6) is 2.56. The molecule has 0 saturated carbocycles. The van der Waals surface area contributed by atoms with Gasteiger partial charge in [-0.1, -0.05) is 12.1 Å². The summed E-state index contributed by atoms with van der Waals surface area (Å²) in [5, 5.41) is 6.65. The summed E-state index contributed by atoms with van der Waals surface area (Å²) in [6, 6.07) is 12.1. The van der Waals surface area contributed by atoms with E-state index in [0.29, 0.717) is 25.7 Å². The Balaban J connectivity index is 0.00000363. The Labute approximate surface area is 208 Å². The summed E-state index contributed by atoms with van der Waals surface area (Å²) in [6.45, 7) is 6.16. The van der Waals surface area contributed by atoms with Crippen molar-refractivity contribution in [3.05, 3.63) is 48.2 Å². The minimum Gasteiger partial charge on any atom is -0.493 e. The van der Waals surface area contributed by atoms with Gasteiger partial charge >= 0.3 is 0 Å². The van der Waals surface area contributed by atoms with E-state index in [1.54, 1.807) is 14.2 Å². The molecule has 0 amide bonds. The molecule has 1 aliphatic rings. The topological polar surface area (TPSA) is 74.3 Å². The van der Waals surface area contributed by atoms with E-state index in [9.17, 15) is 0 Å². The lowest BCUT2D eigenvalue weighted by Gasteiger charge is -2.33. The van der Waals surface area contributed by atoms with Crippen molar-refractivity contribution >= 4 is 41.4 Å². The normalized spacial score (nSPS) is 14.6. The predicted molar refractivity (Wildman–Crippen MR) is 142 cm³/mol. The predicted octanol–water partition coefficient (Wildman–Crippen LogP) is 3.05. The van der Waals surface area contributed by atoms with E-state index < -0.39 is 0 Å². The van der Waals surface area contributed by atoms with Crippen LogP contribution in [0.1, 0.15) is 12.0 Å². The summed E-state index contributed by atoms with van der Waals surface area (Å²) >= 11 is 0. The van der Waals surface area contributed by atoms with Gasteiger partial charge in [0.25, 0.3) is 0 Å². The molecular weight excluding hydrogens is 519 g/mol. The Morgan fingerprint density at radius 3 is 2.62 bits per heavy atom. The highest BCUT2D eigenvalue weighted by Gasteiger charge is 2.14. The van der Waals surface area contributed by atoms with Gasteiger partial charge in [0.1, 0.15) is 11.6 Å². The Kier molecular flexibility index (Phi) is 11.5. The number of hydrogen-bond acceptors (Lipinski definition) is 6. The lowest BCUT2D eigenvalue weighted by Crippen LogP contribution is -2.44. The molecule has 2 heterocycles. The first-order valence-electron chi connectivity index (χ1n) is 10.8. The van der Waals surface area contributed by atoms with E-state index in [2.05, 4.69) is 49.6 Å². The summed E-state index contributed by atoms with van der Waals surface area (Å²) < 4.78 is 10.8. The van der Waals surface area contributed by atoms with Crippen LogP contribution in [0.3, 0.4) is 0 Å². The molecule has 0 bridgehead atoms. The number of pyridine rings is 1. The smallest absolute Gasteiger partial charge is 0.195 e. The number of likely N-dealkylation sites (N-methyl/N-ethyl adjacent to an activating group) is 1. The third kappa shape index (κ3) is 8.44. The molecule has 0 atom stereocenters. The standard InChI is InChI=1S/C23H34N6O2.HI/c1-24-23(27-20-6-4-7-21(16-20)31-15-5-14-30-3)26-18-19-8-9-22(25-17-19)29-12-10-28(2)11-13-29;/h4,6-9,16-17H,5,10-15,18H2,1-3H3,(H2,24,26,27);1H. The molecule has 0 radical (unpaired) electrons. The van der Waals surface area contributed by atoms with Crippen molar-refractivity contribution in [3.8, 4) is 5.75 Å². The van der Waals surface area contributed by atoms with Gasteiger partial charge < -0.3 is 29.9 Å². The molecule has 0 unspecified atom stereocenters. The average molecular weight is 554 g/mol. The van der Waals surface area contributed by atoms with Gasteiger partial charge in [0.05, 0.1) is 6.61 Å². The van der Waals surface area contributed by atoms with E-state index >= 15 is 0 Å². The van der Waals surface area contributed by atoms with Crippen LogP contribution in [0, 0.1) is 0 Å². The molecule has 3 rings (SSSR count). The molecule has 2 aromatic rings. The van der Waals surface area contributed by atoms with Crippen molar-refractivity contribution in [2.75, 3.05) is 70.8 Å².